The zero-order valence-electron chi connectivity index (χ0n) is 53.4. The molecular formula is C73H136O6. The molecule has 0 spiro atoms. The van der Waals surface area contributed by atoms with Crippen molar-refractivity contribution < 1.29 is 28.6 Å². The summed E-state index contributed by atoms with van der Waals surface area (Å²) in [6.45, 7) is 6.61. The number of hydrogen-bond acceptors (Lipinski definition) is 6. The number of rotatable bonds is 66. The summed E-state index contributed by atoms with van der Waals surface area (Å²) >= 11 is 0. The van der Waals surface area contributed by atoms with Crippen LogP contribution in [-0.4, -0.2) is 37.2 Å². The van der Waals surface area contributed by atoms with Crippen molar-refractivity contribution in [1.29, 1.82) is 0 Å². The van der Waals surface area contributed by atoms with Gasteiger partial charge in [0.15, 0.2) is 6.10 Å². The summed E-state index contributed by atoms with van der Waals surface area (Å²) < 4.78 is 16.9. The lowest BCUT2D eigenvalue weighted by Gasteiger charge is -2.18. The van der Waals surface area contributed by atoms with Crippen LogP contribution in [-0.2, 0) is 28.6 Å². The van der Waals surface area contributed by atoms with Gasteiger partial charge < -0.3 is 14.2 Å². The first-order valence-electron chi connectivity index (χ1n) is 35.5. The van der Waals surface area contributed by atoms with Gasteiger partial charge in [-0.2, -0.15) is 0 Å². The summed E-state index contributed by atoms with van der Waals surface area (Å²) in [5.74, 6) is -0.870. The van der Waals surface area contributed by atoms with Gasteiger partial charge >= 0.3 is 17.9 Å². The Labute approximate surface area is 493 Å². The van der Waals surface area contributed by atoms with Crippen LogP contribution in [0.15, 0.2) is 36.5 Å². The quantitative estimate of drug-likeness (QED) is 0.0261. The highest BCUT2D eigenvalue weighted by Gasteiger charge is 2.19. The number of unbranched alkanes of at least 4 members (excludes halogenated alkanes) is 49. The fourth-order valence-corrected chi connectivity index (χ4v) is 10.8. The fraction of sp³-hybridized carbons (Fsp3) is 0.877. The van der Waals surface area contributed by atoms with E-state index in [1.165, 1.54) is 270 Å². The molecule has 6 heteroatoms. The van der Waals surface area contributed by atoms with Gasteiger partial charge in [-0.3, -0.25) is 14.4 Å². The first kappa shape index (κ1) is 76.6. The number of carbonyl (C=O) groups is 3. The molecule has 1 atom stereocenters. The maximum absolute atomic E-state index is 12.9. The van der Waals surface area contributed by atoms with E-state index in [2.05, 4.69) is 57.2 Å². The molecule has 0 bridgehead atoms. The fourth-order valence-electron chi connectivity index (χ4n) is 10.8. The van der Waals surface area contributed by atoms with Crippen molar-refractivity contribution in [2.75, 3.05) is 13.2 Å². The topological polar surface area (TPSA) is 78.9 Å². The summed E-state index contributed by atoms with van der Waals surface area (Å²) in [6, 6.07) is 0. The molecule has 0 saturated heterocycles. The first-order valence-corrected chi connectivity index (χ1v) is 35.5. The average molecular weight is 1110 g/mol. The molecule has 0 aliphatic heterocycles. The van der Waals surface area contributed by atoms with Crippen molar-refractivity contribution in [1.82, 2.24) is 0 Å². The van der Waals surface area contributed by atoms with Crippen molar-refractivity contribution in [3.8, 4) is 0 Å². The van der Waals surface area contributed by atoms with Gasteiger partial charge in [0.1, 0.15) is 13.2 Å². The van der Waals surface area contributed by atoms with Crippen LogP contribution >= 0.6 is 0 Å². The van der Waals surface area contributed by atoms with Crippen LogP contribution in [0.5, 0.6) is 0 Å². The van der Waals surface area contributed by atoms with Gasteiger partial charge in [-0.05, 0) is 70.6 Å². The van der Waals surface area contributed by atoms with E-state index < -0.39 is 6.10 Å². The molecule has 6 nitrogen and oxygen atoms in total. The lowest BCUT2D eigenvalue weighted by molar-refractivity contribution is -0.167. The Balaban J connectivity index is 4.04. The van der Waals surface area contributed by atoms with E-state index in [4.69, 9.17) is 14.2 Å². The second-order valence-electron chi connectivity index (χ2n) is 24.1. The smallest absolute Gasteiger partial charge is 0.306 e. The molecule has 0 aromatic heterocycles. The Morgan fingerprint density at radius 2 is 0.481 bits per heavy atom. The van der Waals surface area contributed by atoms with Gasteiger partial charge in [-0.25, -0.2) is 0 Å². The normalized spacial score (nSPS) is 12.2. The Bertz CT molecular complexity index is 1320. The molecule has 0 amide bonds. The lowest BCUT2D eigenvalue weighted by atomic mass is 10.0. The standard InChI is InChI=1S/C73H136O6/c1-4-7-10-13-16-19-22-24-26-28-30-31-32-33-34-35-36-37-38-39-40-41-42-43-44-46-47-49-51-54-57-60-63-66-72(75)78-69-70(68-77-71(74)65-62-59-56-53-21-18-15-12-9-6-3)79-73(76)67-64-61-58-55-52-50-48-45-29-27-25-23-20-17-14-11-8-5-2/h12,15,20,23,27,29,70H,4-11,13-14,16-19,21-22,24-26,28,30-69H2,1-3H3/b15-12-,23-20-,29-27-. The molecule has 464 valence electrons. The van der Waals surface area contributed by atoms with Gasteiger partial charge in [0, 0.05) is 19.3 Å². The van der Waals surface area contributed by atoms with Crippen LogP contribution in [0.1, 0.15) is 393 Å². The SMILES string of the molecule is CCC/C=C\CCCCCCCC(=O)OCC(COC(=O)CCCCCCCCCCCCCCCCCCCCCCCCCCCCCCCCCCC)OC(=O)CCCCCCCCC/C=C\C/C=C\CCCCCC. The van der Waals surface area contributed by atoms with Gasteiger partial charge in [-0.15, -0.1) is 0 Å². The molecule has 0 aliphatic carbocycles. The van der Waals surface area contributed by atoms with Crippen molar-refractivity contribution in [3.05, 3.63) is 36.5 Å². The third kappa shape index (κ3) is 66.3. The number of hydrogen-bond donors (Lipinski definition) is 0. The maximum atomic E-state index is 12.9. The minimum atomic E-state index is -0.778. The molecule has 0 N–H and O–H groups in total. The molecule has 0 heterocycles. The molecule has 0 aromatic carbocycles. The predicted octanol–water partition coefficient (Wildman–Crippen LogP) is 24.3. The molecule has 0 radical (unpaired) electrons. The molecule has 0 rings (SSSR count). The van der Waals surface area contributed by atoms with Crippen LogP contribution < -0.4 is 0 Å². The number of esters is 3. The summed E-state index contributed by atoms with van der Waals surface area (Å²) in [4.78, 5) is 38.3. The van der Waals surface area contributed by atoms with Crippen LogP contribution in [0.25, 0.3) is 0 Å². The summed E-state index contributed by atoms with van der Waals surface area (Å²) in [7, 11) is 0. The van der Waals surface area contributed by atoms with Crippen molar-refractivity contribution in [2.24, 2.45) is 0 Å². The highest BCUT2D eigenvalue weighted by Crippen LogP contribution is 2.19. The monoisotopic (exact) mass is 1110 g/mol. The molecular weight excluding hydrogens is 973 g/mol. The number of ether oxygens (including phenoxy) is 3. The van der Waals surface area contributed by atoms with E-state index >= 15 is 0 Å². The van der Waals surface area contributed by atoms with Gasteiger partial charge in [0.25, 0.3) is 0 Å². The second-order valence-corrected chi connectivity index (χ2v) is 24.1. The number of carbonyl (C=O) groups excluding carboxylic acids is 3. The first-order chi connectivity index (χ1) is 39.0. The van der Waals surface area contributed by atoms with Crippen LogP contribution in [0.3, 0.4) is 0 Å². The lowest BCUT2D eigenvalue weighted by Crippen LogP contribution is -2.30. The number of allylic oxidation sites excluding steroid dienone is 6. The van der Waals surface area contributed by atoms with Crippen molar-refractivity contribution >= 4 is 17.9 Å². The molecule has 0 aliphatic rings. The third-order valence-corrected chi connectivity index (χ3v) is 16.1. The van der Waals surface area contributed by atoms with Gasteiger partial charge in [0.2, 0.25) is 0 Å². The Morgan fingerprint density at radius 1 is 0.253 bits per heavy atom. The minimum Gasteiger partial charge on any atom is -0.462 e. The largest absolute Gasteiger partial charge is 0.462 e. The summed E-state index contributed by atoms with van der Waals surface area (Å²) in [5, 5.41) is 0. The molecule has 0 aromatic rings. The van der Waals surface area contributed by atoms with Crippen molar-refractivity contribution in [2.45, 2.75) is 399 Å². The summed E-state index contributed by atoms with van der Waals surface area (Å²) in [6.07, 6.45) is 84.9. The molecule has 1 unspecified atom stereocenters. The van der Waals surface area contributed by atoms with Gasteiger partial charge in [0.05, 0.1) is 0 Å². The van der Waals surface area contributed by atoms with E-state index in [-0.39, 0.29) is 31.1 Å². The van der Waals surface area contributed by atoms with Crippen LogP contribution in [0, 0.1) is 0 Å². The van der Waals surface area contributed by atoms with E-state index in [1.807, 2.05) is 0 Å². The highest BCUT2D eigenvalue weighted by atomic mass is 16.6. The van der Waals surface area contributed by atoms with Gasteiger partial charge in [-0.1, -0.05) is 340 Å². The molecule has 0 saturated carbocycles. The predicted molar refractivity (Wildman–Crippen MR) is 344 cm³/mol. The Morgan fingerprint density at radius 3 is 0.772 bits per heavy atom. The zero-order chi connectivity index (χ0) is 57.1. The van der Waals surface area contributed by atoms with Crippen molar-refractivity contribution in [3.63, 3.8) is 0 Å². The van der Waals surface area contributed by atoms with Crippen LogP contribution in [0.2, 0.25) is 0 Å². The Kier molecular flexibility index (Phi) is 66.1. The molecule has 0 fully saturated rings. The zero-order valence-corrected chi connectivity index (χ0v) is 53.4. The average Bonchev–Trinajstić information content (AvgIpc) is 3.45. The second kappa shape index (κ2) is 68.1. The minimum absolute atomic E-state index is 0.0742. The third-order valence-electron chi connectivity index (χ3n) is 16.1. The maximum Gasteiger partial charge on any atom is 0.306 e. The van der Waals surface area contributed by atoms with Crippen LogP contribution in [0.4, 0.5) is 0 Å². The Hall–Kier alpha value is -2.37. The van der Waals surface area contributed by atoms with E-state index in [0.29, 0.717) is 19.3 Å². The highest BCUT2D eigenvalue weighted by molar-refractivity contribution is 5.71. The van der Waals surface area contributed by atoms with E-state index in [9.17, 15) is 14.4 Å². The summed E-state index contributed by atoms with van der Waals surface area (Å²) in [5.41, 5.74) is 0. The van der Waals surface area contributed by atoms with E-state index in [0.717, 1.165) is 83.5 Å². The van der Waals surface area contributed by atoms with E-state index in [1.54, 1.807) is 0 Å². The molecule has 79 heavy (non-hydrogen) atoms.